The maximum Gasteiger partial charge on any atom is 0.319 e. The molecule has 0 spiro atoms. The van der Waals surface area contributed by atoms with Crippen LogP contribution in [0.3, 0.4) is 0 Å². The zero-order chi connectivity index (χ0) is 18.2. The van der Waals surface area contributed by atoms with Crippen LogP contribution in [0.2, 0.25) is 0 Å². The molecule has 7 heteroatoms. The molecule has 2 amide bonds. The third-order valence-electron chi connectivity index (χ3n) is 4.41. The highest BCUT2D eigenvalue weighted by Gasteiger charge is 2.14. The number of nitrogens with zero attached hydrogens (tertiary/aromatic N) is 2. The summed E-state index contributed by atoms with van der Waals surface area (Å²) in [5.74, 6) is 0.779. The van der Waals surface area contributed by atoms with Crippen molar-refractivity contribution in [2.75, 3.05) is 25.1 Å². The molecule has 1 fully saturated rings. The van der Waals surface area contributed by atoms with Gasteiger partial charge in [0.2, 0.25) is 0 Å². The number of urea groups is 1. The normalized spacial score (nSPS) is 16.9. The molecule has 0 aliphatic carbocycles. The van der Waals surface area contributed by atoms with E-state index in [0.29, 0.717) is 13.2 Å². The fraction of sp³-hybridized carbons (Fsp3) is 0.474. The van der Waals surface area contributed by atoms with Crippen LogP contribution in [-0.2, 0) is 18.2 Å². The fourth-order valence-electron chi connectivity index (χ4n) is 2.89. The van der Waals surface area contributed by atoms with E-state index in [1.807, 2.05) is 37.4 Å². The second-order valence-electron chi connectivity index (χ2n) is 6.40. The summed E-state index contributed by atoms with van der Waals surface area (Å²) in [7, 11) is 1.89. The van der Waals surface area contributed by atoms with E-state index >= 15 is 0 Å². The standard InChI is InChI=1S/C19H26N4O3/c1-23-16(10-12-21-23)9-11-20-19(24)22-15-5-7-17(8-6-15)26-14-18-4-2-3-13-25-18/h5-8,10,12,18H,2-4,9,11,13-14H2,1H3,(H2,20,22,24)/t18-/m0/s1. The third kappa shape index (κ3) is 5.49. The number of hydrogen-bond acceptors (Lipinski definition) is 4. The van der Waals surface area contributed by atoms with Crippen molar-refractivity contribution in [3.8, 4) is 5.75 Å². The molecule has 1 aromatic carbocycles. The SMILES string of the molecule is Cn1nccc1CCNC(=O)Nc1ccc(OC[C@@H]2CCCCO2)cc1. The van der Waals surface area contributed by atoms with E-state index in [4.69, 9.17) is 9.47 Å². The highest BCUT2D eigenvalue weighted by atomic mass is 16.5. The minimum absolute atomic E-state index is 0.187. The first kappa shape index (κ1) is 18.3. The molecule has 0 bridgehead atoms. The average Bonchev–Trinajstić information content (AvgIpc) is 3.07. The molecule has 26 heavy (non-hydrogen) atoms. The maximum absolute atomic E-state index is 12.0. The fourth-order valence-corrected chi connectivity index (χ4v) is 2.89. The molecule has 1 aliphatic rings. The summed E-state index contributed by atoms with van der Waals surface area (Å²) in [4.78, 5) is 12.0. The summed E-state index contributed by atoms with van der Waals surface area (Å²) < 4.78 is 13.2. The number of rotatable bonds is 7. The summed E-state index contributed by atoms with van der Waals surface area (Å²) in [6, 6.07) is 9.09. The second-order valence-corrected chi connectivity index (χ2v) is 6.40. The minimum Gasteiger partial charge on any atom is -0.491 e. The molecule has 7 nitrogen and oxygen atoms in total. The lowest BCUT2D eigenvalue weighted by Crippen LogP contribution is -2.30. The Bertz CT molecular complexity index is 693. The topological polar surface area (TPSA) is 77.4 Å². The number of aryl methyl sites for hydroxylation is 1. The quantitative estimate of drug-likeness (QED) is 0.798. The lowest BCUT2D eigenvalue weighted by atomic mass is 10.1. The van der Waals surface area contributed by atoms with Crippen molar-refractivity contribution < 1.29 is 14.3 Å². The lowest BCUT2D eigenvalue weighted by Gasteiger charge is -2.22. The highest BCUT2D eigenvalue weighted by molar-refractivity contribution is 5.89. The van der Waals surface area contributed by atoms with Crippen LogP contribution in [0.15, 0.2) is 36.5 Å². The lowest BCUT2D eigenvalue weighted by molar-refractivity contribution is -0.0110. The molecule has 2 N–H and O–H groups in total. The monoisotopic (exact) mass is 358 g/mol. The molecule has 1 saturated heterocycles. The van der Waals surface area contributed by atoms with E-state index in [1.165, 1.54) is 6.42 Å². The van der Waals surface area contributed by atoms with E-state index in [1.54, 1.807) is 10.9 Å². The first-order valence-electron chi connectivity index (χ1n) is 9.07. The Hall–Kier alpha value is -2.54. The number of benzene rings is 1. The Morgan fingerprint density at radius 2 is 2.15 bits per heavy atom. The van der Waals surface area contributed by atoms with E-state index in [0.717, 1.165) is 43.0 Å². The van der Waals surface area contributed by atoms with Gasteiger partial charge in [-0.1, -0.05) is 0 Å². The molecule has 1 aliphatic heterocycles. The molecule has 0 unspecified atom stereocenters. The zero-order valence-electron chi connectivity index (χ0n) is 15.1. The van der Waals surface area contributed by atoms with Crippen molar-refractivity contribution in [3.05, 3.63) is 42.2 Å². The number of hydrogen-bond donors (Lipinski definition) is 2. The van der Waals surface area contributed by atoms with Gasteiger partial charge >= 0.3 is 6.03 Å². The summed E-state index contributed by atoms with van der Waals surface area (Å²) in [6.45, 7) is 1.95. The van der Waals surface area contributed by atoms with Gasteiger partial charge in [0.05, 0.1) is 6.10 Å². The third-order valence-corrected chi connectivity index (χ3v) is 4.41. The Balaban J connectivity index is 1.37. The van der Waals surface area contributed by atoms with Crippen molar-refractivity contribution in [3.63, 3.8) is 0 Å². The number of nitrogens with one attached hydrogen (secondary N) is 2. The van der Waals surface area contributed by atoms with Crippen LogP contribution in [0, 0.1) is 0 Å². The van der Waals surface area contributed by atoms with Crippen LogP contribution < -0.4 is 15.4 Å². The van der Waals surface area contributed by atoms with Gasteiger partial charge in [-0.3, -0.25) is 4.68 Å². The van der Waals surface area contributed by atoms with Gasteiger partial charge in [-0.25, -0.2) is 4.79 Å². The van der Waals surface area contributed by atoms with Gasteiger partial charge in [0, 0.05) is 44.2 Å². The molecule has 2 aromatic rings. The van der Waals surface area contributed by atoms with Gasteiger partial charge in [0.1, 0.15) is 12.4 Å². The van der Waals surface area contributed by atoms with Crippen molar-refractivity contribution in [2.45, 2.75) is 31.8 Å². The van der Waals surface area contributed by atoms with Crippen LogP contribution in [0.5, 0.6) is 5.75 Å². The smallest absolute Gasteiger partial charge is 0.319 e. The number of aromatic nitrogens is 2. The Morgan fingerprint density at radius 3 is 2.85 bits per heavy atom. The van der Waals surface area contributed by atoms with E-state index in [-0.39, 0.29) is 12.1 Å². The highest BCUT2D eigenvalue weighted by Crippen LogP contribution is 2.18. The van der Waals surface area contributed by atoms with Crippen LogP contribution in [0.25, 0.3) is 0 Å². The summed E-state index contributed by atoms with van der Waals surface area (Å²) >= 11 is 0. The molecule has 3 rings (SSSR count). The number of carbonyl (C=O) groups excluding carboxylic acids is 1. The zero-order valence-corrected chi connectivity index (χ0v) is 15.1. The Kier molecular flexibility index (Phi) is 6.49. The molecule has 0 radical (unpaired) electrons. The number of carbonyl (C=O) groups is 1. The summed E-state index contributed by atoms with van der Waals surface area (Å²) in [6.07, 6.45) is 6.07. The molecular weight excluding hydrogens is 332 g/mol. The molecule has 2 heterocycles. The Morgan fingerprint density at radius 1 is 1.31 bits per heavy atom. The second kappa shape index (κ2) is 9.24. The summed E-state index contributed by atoms with van der Waals surface area (Å²) in [5, 5.41) is 9.76. The molecule has 1 atom stereocenters. The average molecular weight is 358 g/mol. The molecule has 0 saturated carbocycles. The van der Waals surface area contributed by atoms with Gasteiger partial charge in [0.15, 0.2) is 0 Å². The molecular formula is C19H26N4O3. The van der Waals surface area contributed by atoms with Gasteiger partial charge in [-0.2, -0.15) is 5.10 Å². The van der Waals surface area contributed by atoms with E-state index in [9.17, 15) is 4.79 Å². The molecule has 140 valence electrons. The van der Waals surface area contributed by atoms with Crippen LogP contribution in [-0.4, -0.2) is 41.7 Å². The predicted octanol–water partition coefficient (Wildman–Crippen LogP) is 2.73. The van der Waals surface area contributed by atoms with Crippen molar-refractivity contribution in [2.24, 2.45) is 7.05 Å². The van der Waals surface area contributed by atoms with Crippen molar-refractivity contribution in [1.29, 1.82) is 0 Å². The van der Waals surface area contributed by atoms with Crippen LogP contribution in [0.4, 0.5) is 10.5 Å². The predicted molar refractivity (Wildman–Crippen MR) is 99.5 cm³/mol. The van der Waals surface area contributed by atoms with Gasteiger partial charge in [0.25, 0.3) is 0 Å². The largest absolute Gasteiger partial charge is 0.491 e. The van der Waals surface area contributed by atoms with Gasteiger partial charge < -0.3 is 20.1 Å². The minimum atomic E-state index is -0.226. The summed E-state index contributed by atoms with van der Waals surface area (Å²) in [5.41, 5.74) is 1.80. The van der Waals surface area contributed by atoms with E-state index < -0.39 is 0 Å². The number of anilines is 1. The maximum atomic E-state index is 12.0. The van der Waals surface area contributed by atoms with Gasteiger partial charge in [-0.15, -0.1) is 0 Å². The van der Waals surface area contributed by atoms with E-state index in [2.05, 4.69) is 15.7 Å². The van der Waals surface area contributed by atoms with Crippen LogP contribution >= 0.6 is 0 Å². The van der Waals surface area contributed by atoms with Crippen molar-refractivity contribution >= 4 is 11.7 Å². The first-order valence-corrected chi connectivity index (χ1v) is 9.07. The van der Waals surface area contributed by atoms with Crippen LogP contribution in [0.1, 0.15) is 25.0 Å². The number of ether oxygens (including phenoxy) is 2. The number of amides is 2. The van der Waals surface area contributed by atoms with Gasteiger partial charge in [-0.05, 0) is 49.6 Å². The Labute approximate surface area is 153 Å². The first-order chi connectivity index (χ1) is 12.7. The van der Waals surface area contributed by atoms with Crippen molar-refractivity contribution in [1.82, 2.24) is 15.1 Å². The molecule has 1 aromatic heterocycles.